The lowest BCUT2D eigenvalue weighted by atomic mass is 9.99. The Bertz CT molecular complexity index is 573. The number of aliphatic hydroxyl groups excluding tert-OH is 1. The van der Waals surface area contributed by atoms with Gasteiger partial charge in [0, 0.05) is 33.3 Å². The van der Waals surface area contributed by atoms with Crippen LogP contribution >= 0.6 is 11.3 Å². The molecular formula is C14H23N5OS. The van der Waals surface area contributed by atoms with Gasteiger partial charge in [-0.1, -0.05) is 11.3 Å². The number of likely N-dealkylation sites (tertiary alicyclic amines) is 1. The molecule has 2 aromatic heterocycles. The van der Waals surface area contributed by atoms with E-state index in [0.717, 1.165) is 49.1 Å². The zero-order valence-corrected chi connectivity index (χ0v) is 13.5. The first-order valence-electron chi connectivity index (χ1n) is 7.54. The van der Waals surface area contributed by atoms with Crippen LogP contribution in [-0.2, 0) is 7.05 Å². The summed E-state index contributed by atoms with van der Waals surface area (Å²) < 4.78 is 3.00. The molecular weight excluding hydrogens is 286 g/mol. The second-order valence-corrected chi connectivity index (χ2v) is 6.80. The van der Waals surface area contributed by atoms with E-state index in [1.165, 1.54) is 11.1 Å². The highest BCUT2D eigenvalue weighted by Gasteiger charge is 2.18. The predicted octanol–water partition coefficient (Wildman–Crippen LogP) is 1.45. The molecule has 0 aliphatic carbocycles. The highest BCUT2D eigenvalue weighted by Crippen LogP contribution is 2.27. The Morgan fingerprint density at radius 3 is 3.10 bits per heavy atom. The summed E-state index contributed by atoms with van der Waals surface area (Å²) in [6.45, 7) is 6.39. The van der Waals surface area contributed by atoms with Crippen LogP contribution in [0.3, 0.4) is 0 Å². The molecule has 1 fully saturated rings. The van der Waals surface area contributed by atoms with E-state index in [0.29, 0.717) is 12.5 Å². The average Bonchev–Trinajstić information content (AvgIpc) is 3.01. The summed E-state index contributed by atoms with van der Waals surface area (Å²) in [7, 11) is 1.93. The monoisotopic (exact) mass is 309 g/mol. The van der Waals surface area contributed by atoms with E-state index in [1.54, 1.807) is 11.3 Å². The van der Waals surface area contributed by atoms with Crippen LogP contribution in [0.5, 0.6) is 0 Å². The van der Waals surface area contributed by atoms with Gasteiger partial charge in [0.2, 0.25) is 0 Å². The third-order valence-electron chi connectivity index (χ3n) is 4.11. The van der Waals surface area contributed by atoms with E-state index < -0.39 is 0 Å². The Hall–Kier alpha value is -1.18. The van der Waals surface area contributed by atoms with Crippen molar-refractivity contribution in [3.05, 3.63) is 5.69 Å². The van der Waals surface area contributed by atoms with E-state index in [9.17, 15) is 5.11 Å². The fourth-order valence-corrected chi connectivity index (χ4v) is 3.94. The molecule has 1 saturated heterocycles. The summed E-state index contributed by atoms with van der Waals surface area (Å²) in [5.41, 5.74) is 2.00. The van der Waals surface area contributed by atoms with Gasteiger partial charge < -0.3 is 15.3 Å². The zero-order chi connectivity index (χ0) is 14.8. The standard InChI is InChI=1S/C14H23N5OS/c1-10-12-13(18(2)17-10)16-14(21-12)15-5-7-19-6-3-4-11(8-19)9-20/h11,20H,3-9H2,1-2H3,(H,15,16)/t11-/m0/s1. The maximum Gasteiger partial charge on any atom is 0.185 e. The lowest BCUT2D eigenvalue weighted by Crippen LogP contribution is -2.39. The van der Waals surface area contributed by atoms with Crippen LogP contribution in [0.2, 0.25) is 0 Å². The molecule has 2 N–H and O–H groups in total. The molecule has 3 rings (SSSR count). The summed E-state index contributed by atoms with van der Waals surface area (Å²) in [6.07, 6.45) is 2.35. The molecule has 0 radical (unpaired) electrons. The van der Waals surface area contributed by atoms with Gasteiger partial charge in [0.25, 0.3) is 0 Å². The smallest absolute Gasteiger partial charge is 0.185 e. The van der Waals surface area contributed by atoms with Crippen molar-refractivity contribution in [1.29, 1.82) is 0 Å². The SMILES string of the molecule is Cc1nn(C)c2nc(NCCN3CCC[C@H](CO)C3)sc12. The van der Waals surface area contributed by atoms with Gasteiger partial charge in [-0.25, -0.2) is 9.67 Å². The highest BCUT2D eigenvalue weighted by molar-refractivity contribution is 7.22. The van der Waals surface area contributed by atoms with Crippen LogP contribution in [0.1, 0.15) is 18.5 Å². The van der Waals surface area contributed by atoms with Crippen molar-refractivity contribution in [2.75, 3.05) is 38.1 Å². The number of hydrogen-bond donors (Lipinski definition) is 2. The van der Waals surface area contributed by atoms with E-state index >= 15 is 0 Å². The number of piperidine rings is 1. The molecule has 0 bridgehead atoms. The first kappa shape index (κ1) is 14.7. The molecule has 0 unspecified atom stereocenters. The van der Waals surface area contributed by atoms with Crippen LogP contribution < -0.4 is 5.32 Å². The van der Waals surface area contributed by atoms with Crippen molar-refractivity contribution in [3.63, 3.8) is 0 Å². The number of aryl methyl sites for hydroxylation is 2. The van der Waals surface area contributed by atoms with Crippen molar-refractivity contribution < 1.29 is 5.11 Å². The third-order valence-corrected chi connectivity index (χ3v) is 5.22. The third kappa shape index (κ3) is 3.20. The van der Waals surface area contributed by atoms with Gasteiger partial charge in [0.1, 0.15) is 0 Å². The van der Waals surface area contributed by atoms with Crippen LogP contribution in [0.15, 0.2) is 0 Å². The maximum absolute atomic E-state index is 9.26. The fraction of sp³-hybridized carbons (Fsp3) is 0.714. The normalized spacial score (nSPS) is 20.2. The van der Waals surface area contributed by atoms with Crippen molar-refractivity contribution in [2.24, 2.45) is 13.0 Å². The van der Waals surface area contributed by atoms with Gasteiger partial charge in [-0.05, 0) is 32.2 Å². The summed E-state index contributed by atoms with van der Waals surface area (Å²) in [6, 6.07) is 0. The van der Waals surface area contributed by atoms with Gasteiger partial charge in [-0.3, -0.25) is 0 Å². The summed E-state index contributed by atoms with van der Waals surface area (Å²) in [5, 5.41) is 18.0. The quantitative estimate of drug-likeness (QED) is 0.875. The van der Waals surface area contributed by atoms with Crippen molar-refractivity contribution in [3.8, 4) is 0 Å². The molecule has 1 aliphatic heterocycles. The van der Waals surface area contributed by atoms with Gasteiger partial charge in [0.05, 0.1) is 10.4 Å². The second-order valence-electron chi connectivity index (χ2n) is 5.80. The highest BCUT2D eigenvalue weighted by atomic mass is 32.1. The van der Waals surface area contributed by atoms with E-state index in [2.05, 4.69) is 20.3 Å². The molecule has 6 nitrogen and oxygen atoms in total. The van der Waals surface area contributed by atoms with Crippen LogP contribution in [0.25, 0.3) is 10.3 Å². The average molecular weight is 309 g/mol. The predicted molar refractivity (Wildman–Crippen MR) is 85.9 cm³/mol. The zero-order valence-electron chi connectivity index (χ0n) is 12.7. The first-order chi connectivity index (χ1) is 10.2. The Kier molecular flexibility index (Phi) is 4.42. The molecule has 0 spiro atoms. The number of nitrogens with zero attached hydrogens (tertiary/aromatic N) is 4. The number of rotatable bonds is 5. The van der Waals surface area contributed by atoms with Crippen LogP contribution in [-0.4, -0.2) is 57.6 Å². The van der Waals surface area contributed by atoms with E-state index in [4.69, 9.17) is 0 Å². The molecule has 0 saturated carbocycles. The van der Waals surface area contributed by atoms with Gasteiger partial charge in [-0.2, -0.15) is 5.10 Å². The molecule has 21 heavy (non-hydrogen) atoms. The lowest BCUT2D eigenvalue weighted by molar-refractivity contribution is 0.123. The minimum absolute atomic E-state index is 0.314. The Morgan fingerprint density at radius 1 is 1.48 bits per heavy atom. The van der Waals surface area contributed by atoms with Crippen molar-refractivity contribution in [1.82, 2.24) is 19.7 Å². The molecule has 0 amide bonds. The van der Waals surface area contributed by atoms with Crippen molar-refractivity contribution in [2.45, 2.75) is 19.8 Å². The molecule has 2 aromatic rings. The number of thiazole rings is 1. The van der Waals surface area contributed by atoms with Gasteiger partial charge >= 0.3 is 0 Å². The Balaban J connectivity index is 1.53. The molecule has 7 heteroatoms. The topological polar surface area (TPSA) is 66.2 Å². The number of anilines is 1. The number of nitrogens with one attached hydrogen (secondary N) is 1. The van der Waals surface area contributed by atoms with Crippen LogP contribution in [0, 0.1) is 12.8 Å². The number of aromatic nitrogens is 3. The minimum atomic E-state index is 0.314. The number of fused-ring (bicyclic) bond motifs is 1. The molecule has 116 valence electrons. The van der Waals surface area contributed by atoms with E-state index in [1.807, 2.05) is 18.7 Å². The molecule has 0 aromatic carbocycles. The van der Waals surface area contributed by atoms with Crippen molar-refractivity contribution >= 4 is 26.8 Å². The number of hydrogen-bond acceptors (Lipinski definition) is 6. The van der Waals surface area contributed by atoms with E-state index in [-0.39, 0.29) is 0 Å². The molecule has 1 aliphatic rings. The molecule has 1 atom stereocenters. The van der Waals surface area contributed by atoms with Crippen LogP contribution in [0.4, 0.5) is 5.13 Å². The Morgan fingerprint density at radius 2 is 2.33 bits per heavy atom. The number of aliphatic hydroxyl groups is 1. The molecule has 3 heterocycles. The Labute approximate surface area is 128 Å². The summed E-state index contributed by atoms with van der Waals surface area (Å²) in [5.74, 6) is 0.454. The van der Waals surface area contributed by atoms with Gasteiger partial charge in [-0.15, -0.1) is 0 Å². The first-order valence-corrected chi connectivity index (χ1v) is 8.36. The minimum Gasteiger partial charge on any atom is -0.396 e. The maximum atomic E-state index is 9.26. The largest absolute Gasteiger partial charge is 0.396 e. The second kappa shape index (κ2) is 6.29. The fourth-order valence-electron chi connectivity index (χ4n) is 2.98. The lowest BCUT2D eigenvalue weighted by Gasteiger charge is -2.31. The summed E-state index contributed by atoms with van der Waals surface area (Å²) >= 11 is 1.67. The summed E-state index contributed by atoms with van der Waals surface area (Å²) in [4.78, 5) is 7.02. The van der Waals surface area contributed by atoms with Gasteiger partial charge in [0.15, 0.2) is 10.8 Å².